The smallest absolute Gasteiger partial charge is 0.291 e. The second-order valence-electron chi connectivity index (χ2n) is 16.9. The van der Waals surface area contributed by atoms with Crippen molar-refractivity contribution in [3.63, 3.8) is 0 Å². The number of halogens is 2. The molecule has 0 spiro atoms. The number of carbonyl (C=O) groups is 1. The van der Waals surface area contributed by atoms with E-state index >= 15 is 0 Å². The van der Waals surface area contributed by atoms with Gasteiger partial charge in [-0.25, -0.2) is 21.9 Å². The summed E-state index contributed by atoms with van der Waals surface area (Å²) < 4.78 is 72.3. The Labute approximate surface area is 312 Å². The van der Waals surface area contributed by atoms with Crippen molar-refractivity contribution in [1.29, 1.82) is 0 Å². The van der Waals surface area contributed by atoms with E-state index in [1.165, 1.54) is 4.31 Å². The summed E-state index contributed by atoms with van der Waals surface area (Å²) in [6.07, 6.45) is -1.39. The predicted octanol–water partition coefficient (Wildman–Crippen LogP) is 6.96. The van der Waals surface area contributed by atoms with Crippen LogP contribution in [-0.4, -0.2) is 111 Å². The maximum atomic E-state index is 14.8. The number of sulfonamides is 1. The molecule has 0 atom stereocenters. The zero-order valence-corrected chi connectivity index (χ0v) is 35.7. The van der Waals surface area contributed by atoms with Crippen LogP contribution < -0.4 is 4.90 Å². The zero-order chi connectivity index (χ0) is 38.2. The molecule has 1 saturated carbocycles. The van der Waals surface area contributed by atoms with Gasteiger partial charge in [-0.15, -0.1) is 10.2 Å². The number of hydrogen-bond donors (Lipinski definition) is 0. The molecule has 0 unspecified atom stereocenters. The summed E-state index contributed by atoms with van der Waals surface area (Å²) in [7, 11) is -6.93. The minimum atomic E-state index is -4.12. The third-order valence-corrected chi connectivity index (χ3v) is 15.9. The molecule has 1 aliphatic carbocycles. The van der Waals surface area contributed by atoms with Crippen LogP contribution >= 0.6 is 11.3 Å². The lowest BCUT2D eigenvalue weighted by Crippen LogP contribution is -2.50. The summed E-state index contributed by atoms with van der Waals surface area (Å²) in [5.41, 5.74) is 0.892. The lowest BCUT2D eigenvalue weighted by molar-refractivity contribution is -0.134. The second-order valence-corrected chi connectivity index (χ2v) is 31.1. The highest BCUT2D eigenvalue weighted by Crippen LogP contribution is 2.46. The minimum absolute atomic E-state index is 0.0525. The molecule has 1 saturated heterocycles. The number of amides is 1. The molecule has 0 N–H and O–H groups in total. The van der Waals surface area contributed by atoms with Crippen molar-refractivity contribution in [3.8, 4) is 10.7 Å². The Morgan fingerprint density at radius 2 is 1.60 bits per heavy atom. The molecule has 12 nitrogen and oxygen atoms in total. The van der Waals surface area contributed by atoms with Gasteiger partial charge in [0.25, 0.3) is 6.43 Å². The van der Waals surface area contributed by atoms with Crippen LogP contribution in [0, 0.1) is 5.92 Å². The van der Waals surface area contributed by atoms with Gasteiger partial charge in [0.2, 0.25) is 15.9 Å². The van der Waals surface area contributed by atoms with E-state index < -0.39 is 43.1 Å². The maximum Gasteiger partial charge on any atom is 0.291 e. The molecule has 2 fully saturated rings. The summed E-state index contributed by atoms with van der Waals surface area (Å²) in [5.74, 6) is -0.0744. The summed E-state index contributed by atoms with van der Waals surface area (Å²) in [6.45, 7) is 22.1. The standard InChI is InChI=1S/C34H55F2N7O5S2Si2/c1-24(2)33(44)41-14-12-40(13-15-41)27-21-25(50(45,46)43(34(3)10-11-34)23-48-17-19-52(7,8)9)20-26-28(31-37-38-32(49-31)30(35)36)39-42(29(26)27)22-47-16-18-51(4,5)6/h20-21,24,30H,10-19,22-23H2,1-9H3. The lowest BCUT2D eigenvalue weighted by atomic mass is 10.1. The molecular formula is C34H55F2N7O5S2Si2. The van der Waals surface area contributed by atoms with E-state index in [0.717, 1.165) is 23.4 Å². The van der Waals surface area contributed by atoms with Crippen LogP contribution in [-0.2, 0) is 31.0 Å². The van der Waals surface area contributed by atoms with Crippen LogP contribution in [0.15, 0.2) is 17.0 Å². The number of anilines is 1. The van der Waals surface area contributed by atoms with Crippen molar-refractivity contribution >= 4 is 60.0 Å². The van der Waals surface area contributed by atoms with Crippen LogP contribution in [0.5, 0.6) is 0 Å². The van der Waals surface area contributed by atoms with Gasteiger partial charge in [-0.2, -0.15) is 9.40 Å². The van der Waals surface area contributed by atoms with Crippen molar-refractivity contribution in [2.45, 2.75) is 109 Å². The zero-order valence-electron chi connectivity index (χ0n) is 32.0. The average Bonchev–Trinajstić information content (AvgIpc) is 3.43. The number of benzene rings is 1. The van der Waals surface area contributed by atoms with Crippen molar-refractivity contribution < 1.29 is 31.5 Å². The van der Waals surface area contributed by atoms with E-state index in [0.29, 0.717) is 68.8 Å². The fraction of sp³-hybridized carbons (Fsp3) is 0.706. The summed E-state index contributed by atoms with van der Waals surface area (Å²) in [5, 5.41) is 12.8. The van der Waals surface area contributed by atoms with Crippen LogP contribution in [0.25, 0.3) is 21.6 Å². The first-order chi connectivity index (χ1) is 24.2. The van der Waals surface area contributed by atoms with E-state index in [1.54, 1.807) is 16.8 Å². The first kappa shape index (κ1) is 40.8. The Morgan fingerprint density at radius 1 is 0.981 bits per heavy atom. The Morgan fingerprint density at radius 3 is 2.13 bits per heavy atom. The average molecular weight is 800 g/mol. The van der Waals surface area contributed by atoms with E-state index in [1.807, 2.05) is 25.7 Å². The predicted molar refractivity (Wildman–Crippen MR) is 207 cm³/mol. The van der Waals surface area contributed by atoms with Gasteiger partial charge in [0, 0.05) is 72.4 Å². The van der Waals surface area contributed by atoms with Gasteiger partial charge in [0.05, 0.1) is 16.1 Å². The second kappa shape index (κ2) is 15.8. The number of ether oxygens (including phenoxy) is 2. The highest BCUT2D eigenvalue weighted by Gasteiger charge is 2.50. The highest BCUT2D eigenvalue weighted by atomic mass is 32.2. The summed E-state index contributed by atoms with van der Waals surface area (Å²) >= 11 is 0.733. The van der Waals surface area contributed by atoms with Gasteiger partial charge >= 0.3 is 0 Å². The Kier molecular flexibility index (Phi) is 12.4. The van der Waals surface area contributed by atoms with Crippen LogP contribution in [0.2, 0.25) is 51.4 Å². The molecule has 1 aliphatic heterocycles. The van der Waals surface area contributed by atoms with Crippen molar-refractivity contribution in [1.82, 2.24) is 29.2 Å². The monoisotopic (exact) mass is 799 g/mol. The number of rotatable bonds is 17. The summed E-state index contributed by atoms with van der Waals surface area (Å²) in [4.78, 5) is 16.8. The number of piperazine rings is 1. The molecular weight excluding hydrogens is 745 g/mol. The number of fused-ring (bicyclic) bond motifs is 1. The molecule has 0 bridgehead atoms. The van der Waals surface area contributed by atoms with Gasteiger partial charge in [0.1, 0.15) is 19.2 Å². The normalized spacial score (nSPS) is 17.0. The third-order valence-electron chi connectivity index (χ3n) is 9.63. The maximum absolute atomic E-state index is 14.8. The number of aromatic nitrogens is 4. The Hall–Kier alpha value is -2.36. The lowest BCUT2D eigenvalue weighted by Gasteiger charge is -2.37. The molecule has 1 amide bonds. The third kappa shape index (κ3) is 9.65. The van der Waals surface area contributed by atoms with Crippen molar-refractivity contribution in [2.75, 3.05) is 51.0 Å². The molecule has 1 aromatic carbocycles. The molecule has 2 aliphatic rings. The first-order valence-electron chi connectivity index (χ1n) is 18.1. The molecule has 52 heavy (non-hydrogen) atoms. The molecule has 290 valence electrons. The van der Waals surface area contributed by atoms with Gasteiger partial charge in [-0.1, -0.05) is 64.5 Å². The molecule has 5 rings (SSSR count). The molecule has 3 heterocycles. The van der Waals surface area contributed by atoms with E-state index in [4.69, 9.17) is 14.6 Å². The van der Waals surface area contributed by atoms with Crippen molar-refractivity contribution in [3.05, 3.63) is 17.1 Å². The molecule has 18 heteroatoms. The first-order valence-corrected chi connectivity index (χ1v) is 27.8. The van der Waals surface area contributed by atoms with Crippen LogP contribution in [0.4, 0.5) is 14.5 Å². The van der Waals surface area contributed by atoms with Crippen LogP contribution in [0.3, 0.4) is 0 Å². The number of hydrogen-bond acceptors (Lipinski definition) is 10. The summed E-state index contributed by atoms with van der Waals surface area (Å²) in [6, 6.07) is 5.11. The Balaban J connectivity index is 1.63. The van der Waals surface area contributed by atoms with E-state index in [2.05, 4.69) is 54.4 Å². The van der Waals surface area contributed by atoms with Gasteiger partial charge in [0.15, 0.2) is 10.0 Å². The van der Waals surface area contributed by atoms with E-state index in [-0.39, 0.29) is 40.9 Å². The fourth-order valence-corrected chi connectivity index (χ4v) is 9.96. The number of nitrogens with zero attached hydrogens (tertiary/aromatic N) is 7. The molecule has 2 aromatic heterocycles. The van der Waals surface area contributed by atoms with Crippen molar-refractivity contribution in [2.24, 2.45) is 5.92 Å². The Bertz CT molecular complexity index is 1830. The molecule has 3 aromatic rings. The van der Waals surface area contributed by atoms with Crippen LogP contribution in [0.1, 0.15) is 45.0 Å². The number of alkyl halides is 2. The molecule has 0 radical (unpaired) electrons. The fourth-order valence-electron chi connectivity index (χ4n) is 5.99. The van der Waals surface area contributed by atoms with E-state index in [9.17, 15) is 22.0 Å². The largest absolute Gasteiger partial charge is 0.366 e. The minimum Gasteiger partial charge on any atom is -0.366 e. The van der Waals surface area contributed by atoms with Gasteiger partial charge < -0.3 is 19.3 Å². The highest BCUT2D eigenvalue weighted by molar-refractivity contribution is 7.89. The van der Waals surface area contributed by atoms with Gasteiger partial charge in [-0.3, -0.25) is 4.79 Å². The SMILES string of the molecule is CC(C)C(=O)N1CCN(c2cc(S(=O)(=O)N(COCC[Si](C)(C)C)C3(C)CC3)cc3c(-c4nnc(C(F)F)s4)nn(COCC[Si](C)(C)C)c23)CC1. The number of carbonyl (C=O) groups excluding carboxylic acids is 1. The quantitative estimate of drug-likeness (QED) is 0.0810. The topological polar surface area (TPSA) is 123 Å². The van der Waals surface area contributed by atoms with Gasteiger partial charge in [-0.05, 0) is 44.0 Å².